The molecule has 1 aliphatic rings. The Bertz CT molecular complexity index is 449. The minimum atomic E-state index is 0.208. The Balaban J connectivity index is 1.76. The van der Waals surface area contributed by atoms with Crippen LogP contribution in [0.4, 0.5) is 0 Å². The van der Waals surface area contributed by atoms with Gasteiger partial charge in [-0.3, -0.25) is 4.79 Å². The smallest absolute Gasteiger partial charge is 0.166 e. The number of ketones is 1. The van der Waals surface area contributed by atoms with Crippen LogP contribution >= 0.6 is 0 Å². The average molecular weight is 286 g/mol. The van der Waals surface area contributed by atoms with Crippen LogP contribution in [0.3, 0.4) is 0 Å². The molecule has 1 aliphatic carbocycles. The SMILES string of the molecule is CCCCCCCCCC1Cc2ccccc2C(=O)C1C. The molecule has 0 radical (unpaired) electrons. The molecule has 0 heterocycles. The molecule has 0 bridgehead atoms. The lowest BCUT2D eigenvalue weighted by atomic mass is 9.74. The highest BCUT2D eigenvalue weighted by molar-refractivity contribution is 6.00. The van der Waals surface area contributed by atoms with Crippen molar-refractivity contribution in [1.82, 2.24) is 0 Å². The number of unbranched alkanes of at least 4 members (excludes halogenated alkanes) is 6. The van der Waals surface area contributed by atoms with Crippen molar-refractivity contribution >= 4 is 5.78 Å². The summed E-state index contributed by atoms with van der Waals surface area (Å²) in [6.45, 7) is 4.39. The normalized spacial score (nSPS) is 21.3. The molecule has 0 spiro atoms. The first-order valence-corrected chi connectivity index (χ1v) is 8.86. The third-order valence-electron chi connectivity index (χ3n) is 5.06. The van der Waals surface area contributed by atoms with Gasteiger partial charge in [-0.2, -0.15) is 0 Å². The molecule has 21 heavy (non-hydrogen) atoms. The summed E-state index contributed by atoms with van der Waals surface area (Å²) in [5.41, 5.74) is 2.24. The van der Waals surface area contributed by atoms with Gasteiger partial charge in [0, 0.05) is 11.5 Å². The van der Waals surface area contributed by atoms with Gasteiger partial charge in [-0.05, 0) is 24.3 Å². The van der Waals surface area contributed by atoms with Gasteiger partial charge in [-0.25, -0.2) is 0 Å². The summed E-state index contributed by atoms with van der Waals surface area (Å²) in [6.07, 6.45) is 11.8. The van der Waals surface area contributed by atoms with E-state index in [-0.39, 0.29) is 5.92 Å². The highest BCUT2D eigenvalue weighted by atomic mass is 16.1. The molecule has 0 aromatic heterocycles. The fourth-order valence-electron chi connectivity index (χ4n) is 3.57. The third-order valence-corrected chi connectivity index (χ3v) is 5.06. The maximum Gasteiger partial charge on any atom is 0.166 e. The number of carbonyl (C=O) groups is 1. The van der Waals surface area contributed by atoms with Gasteiger partial charge in [-0.1, -0.05) is 83.1 Å². The largest absolute Gasteiger partial charge is 0.294 e. The van der Waals surface area contributed by atoms with E-state index in [1.165, 1.54) is 56.9 Å². The second kappa shape index (κ2) is 8.36. The maximum atomic E-state index is 12.4. The van der Waals surface area contributed by atoms with Gasteiger partial charge in [0.2, 0.25) is 0 Å². The van der Waals surface area contributed by atoms with Crippen molar-refractivity contribution in [3.63, 3.8) is 0 Å². The first-order valence-electron chi connectivity index (χ1n) is 8.86. The summed E-state index contributed by atoms with van der Waals surface area (Å²) < 4.78 is 0. The van der Waals surface area contributed by atoms with Crippen LogP contribution in [0.1, 0.15) is 81.1 Å². The van der Waals surface area contributed by atoms with E-state index in [0.29, 0.717) is 11.7 Å². The zero-order valence-electron chi connectivity index (χ0n) is 13.7. The van der Waals surface area contributed by atoms with E-state index in [0.717, 1.165) is 12.0 Å². The Morgan fingerprint density at radius 3 is 2.43 bits per heavy atom. The quantitative estimate of drug-likeness (QED) is 0.550. The topological polar surface area (TPSA) is 17.1 Å². The van der Waals surface area contributed by atoms with Crippen LogP contribution < -0.4 is 0 Å². The molecule has 0 saturated carbocycles. The van der Waals surface area contributed by atoms with E-state index in [4.69, 9.17) is 0 Å². The number of carbonyl (C=O) groups excluding carboxylic acids is 1. The Hall–Kier alpha value is -1.11. The fourth-order valence-corrected chi connectivity index (χ4v) is 3.57. The zero-order chi connectivity index (χ0) is 15.1. The molecule has 1 aromatic rings. The summed E-state index contributed by atoms with van der Waals surface area (Å²) in [5, 5.41) is 0. The first kappa shape index (κ1) is 16.3. The maximum absolute atomic E-state index is 12.4. The van der Waals surface area contributed by atoms with E-state index < -0.39 is 0 Å². The number of benzene rings is 1. The monoisotopic (exact) mass is 286 g/mol. The first-order chi connectivity index (χ1) is 10.2. The van der Waals surface area contributed by atoms with Gasteiger partial charge >= 0.3 is 0 Å². The molecule has 0 saturated heterocycles. The summed E-state index contributed by atoms with van der Waals surface area (Å²) in [4.78, 5) is 12.4. The Labute approximate surface area is 130 Å². The summed E-state index contributed by atoms with van der Waals surface area (Å²) in [6, 6.07) is 8.18. The summed E-state index contributed by atoms with van der Waals surface area (Å²) in [5.74, 6) is 1.13. The molecule has 1 heteroatoms. The molecule has 1 nitrogen and oxygen atoms in total. The van der Waals surface area contributed by atoms with Crippen LogP contribution in [0.15, 0.2) is 24.3 Å². The van der Waals surface area contributed by atoms with Crippen molar-refractivity contribution in [3.8, 4) is 0 Å². The van der Waals surface area contributed by atoms with Crippen molar-refractivity contribution in [1.29, 1.82) is 0 Å². The van der Waals surface area contributed by atoms with Crippen molar-refractivity contribution in [3.05, 3.63) is 35.4 Å². The number of hydrogen-bond acceptors (Lipinski definition) is 1. The predicted octanol–water partition coefficient (Wildman–Crippen LogP) is 5.82. The average Bonchev–Trinajstić information content (AvgIpc) is 2.51. The number of hydrogen-bond donors (Lipinski definition) is 0. The van der Waals surface area contributed by atoms with Crippen molar-refractivity contribution in [2.75, 3.05) is 0 Å². The Kier molecular flexibility index (Phi) is 6.48. The lowest BCUT2D eigenvalue weighted by Crippen LogP contribution is -2.29. The molecule has 0 aliphatic heterocycles. The van der Waals surface area contributed by atoms with Crippen LogP contribution in [-0.2, 0) is 6.42 Å². The van der Waals surface area contributed by atoms with E-state index in [1.54, 1.807) is 0 Å². The molecular weight excluding hydrogens is 256 g/mol. The number of rotatable bonds is 8. The van der Waals surface area contributed by atoms with Crippen LogP contribution in [0, 0.1) is 11.8 Å². The van der Waals surface area contributed by atoms with Gasteiger partial charge < -0.3 is 0 Å². The third kappa shape index (κ3) is 4.43. The minimum absolute atomic E-state index is 0.208. The summed E-state index contributed by atoms with van der Waals surface area (Å²) >= 11 is 0. The second-order valence-corrected chi connectivity index (χ2v) is 6.68. The predicted molar refractivity (Wildman–Crippen MR) is 89.7 cm³/mol. The van der Waals surface area contributed by atoms with Crippen LogP contribution in [0.5, 0.6) is 0 Å². The molecular formula is C20H30O. The molecule has 2 atom stereocenters. The fraction of sp³-hybridized carbons (Fsp3) is 0.650. The van der Waals surface area contributed by atoms with Crippen molar-refractivity contribution in [2.24, 2.45) is 11.8 Å². The zero-order valence-corrected chi connectivity index (χ0v) is 13.7. The van der Waals surface area contributed by atoms with Gasteiger partial charge in [0.15, 0.2) is 5.78 Å². The summed E-state index contributed by atoms with van der Waals surface area (Å²) in [7, 11) is 0. The molecule has 1 aromatic carbocycles. The Morgan fingerprint density at radius 2 is 1.67 bits per heavy atom. The highest BCUT2D eigenvalue weighted by Crippen LogP contribution is 2.33. The molecule has 0 fully saturated rings. The molecule has 116 valence electrons. The van der Waals surface area contributed by atoms with Crippen LogP contribution in [-0.4, -0.2) is 5.78 Å². The lowest BCUT2D eigenvalue weighted by Gasteiger charge is -2.29. The standard InChI is InChI=1S/C20H30O/c1-3-4-5-6-7-8-9-12-17-15-18-13-10-11-14-19(18)20(21)16(17)2/h10-11,13-14,16-17H,3-9,12,15H2,1-2H3. The van der Waals surface area contributed by atoms with Gasteiger partial charge in [-0.15, -0.1) is 0 Å². The molecule has 2 rings (SSSR count). The van der Waals surface area contributed by atoms with Crippen LogP contribution in [0.2, 0.25) is 0 Å². The second-order valence-electron chi connectivity index (χ2n) is 6.68. The lowest BCUT2D eigenvalue weighted by molar-refractivity contribution is 0.0861. The Morgan fingerprint density at radius 1 is 1.00 bits per heavy atom. The number of Topliss-reactive ketones (excluding diaryl/α,β-unsaturated/α-hetero) is 1. The van der Waals surface area contributed by atoms with Gasteiger partial charge in [0.1, 0.15) is 0 Å². The molecule has 0 N–H and O–H groups in total. The van der Waals surface area contributed by atoms with E-state index in [9.17, 15) is 4.79 Å². The number of fused-ring (bicyclic) bond motifs is 1. The molecule has 2 unspecified atom stereocenters. The highest BCUT2D eigenvalue weighted by Gasteiger charge is 2.31. The van der Waals surface area contributed by atoms with Crippen LogP contribution in [0.25, 0.3) is 0 Å². The minimum Gasteiger partial charge on any atom is -0.294 e. The molecule has 0 amide bonds. The van der Waals surface area contributed by atoms with Crippen molar-refractivity contribution < 1.29 is 4.79 Å². The van der Waals surface area contributed by atoms with E-state index in [1.807, 2.05) is 12.1 Å². The van der Waals surface area contributed by atoms with E-state index >= 15 is 0 Å². The van der Waals surface area contributed by atoms with Gasteiger partial charge in [0.05, 0.1) is 0 Å². The van der Waals surface area contributed by atoms with E-state index in [2.05, 4.69) is 26.0 Å². The van der Waals surface area contributed by atoms with Crippen molar-refractivity contribution in [2.45, 2.75) is 71.6 Å². The van der Waals surface area contributed by atoms with Gasteiger partial charge in [0.25, 0.3) is 0 Å².